The summed E-state index contributed by atoms with van der Waals surface area (Å²) in [6.07, 6.45) is 0. The van der Waals surface area contributed by atoms with E-state index in [1.54, 1.807) is 25.1 Å². The van der Waals surface area contributed by atoms with Gasteiger partial charge in [-0.1, -0.05) is 6.07 Å². The highest BCUT2D eigenvalue weighted by Crippen LogP contribution is 2.19. The highest BCUT2D eigenvalue weighted by molar-refractivity contribution is 7.80. The fourth-order valence-electron chi connectivity index (χ4n) is 1.42. The number of ether oxygens (including phenoxy) is 1. The number of carbonyl (C=O) groups is 2. The summed E-state index contributed by atoms with van der Waals surface area (Å²) < 4.78 is 4.67. The normalized spacial score (nSPS) is 9.50. The van der Waals surface area contributed by atoms with E-state index in [1.807, 2.05) is 0 Å². The van der Waals surface area contributed by atoms with Gasteiger partial charge in [0.05, 0.1) is 12.7 Å². The molecule has 0 fully saturated rings. The first kappa shape index (κ1) is 14.1. The molecule has 0 aliphatic rings. The maximum absolute atomic E-state index is 11.5. The van der Waals surface area contributed by atoms with Gasteiger partial charge < -0.3 is 15.4 Å². The summed E-state index contributed by atoms with van der Waals surface area (Å²) in [5, 5.41) is 5.49. The number of benzene rings is 1. The second-order valence-corrected chi connectivity index (χ2v) is 4.01. The number of anilines is 1. The molecule has 1 aromatic rings. The molecule has 18 heavy (non-hydrogen) atoms. The minimum absolute atomic E-state index is 0.188. The SMILES string of the molecule is COC(=O)c1cccc(NC(=S)NC(C)=O)c1C. The van der Waals surface area contributed by atoms with Crippen LogP contribution in [0.5, 0.6) is 0 Å². The monoisotopic (exact) mass is 266 g/mol. The van der Waals surface area contributed by atoms with Gasteiger partial charge in [-0.25, -0.2) is 4.79 Å². The van der Waals surface area contributed by atoms with Crippen LogP contribution in [0.2, 0.25) is 0 Å². The van der Waals surface area contributed by atoms with Crippen LogP contribution in [-0.2, 0) is 9.53 Å². The summed E-state index contributed by atoms with van der Waals surface area (Å²) in [5.74, 6) is -0.670. The van der Waals surface area contributed by atoms with Crippen molar-refractivity contribution < 1.29 is 14.3 Å². The number of carbonyl (C=O) groups excluding carboxylic acids is 2. The van der Waals surface area contributed by atoms with Gasteiger partial charge in [-0.05, 0) is 36.8 Å². The van der Waals surface area contributed by atoms with Crippen molar-refractivity contribution in [3.63, 3.8) is 0 Å². The van der Waals surface area contributed by atoms with Crippen LogP contribution in [0.25, 0.3) is 0 Å². The van der Waals surface area contributed by atoms with Crippen molar-refractivity contribution >= 4 is 34.9 Å². The van der Waals surface area contributed by atoms with E-state index in [1.165, 1.54) is 14.0 Å². The number of esters is 1. The average molecular weight is 266 g/mol. The van der Waals surface area contributed by atoms with Crippen molar-refractivity contribution in [2.75, 3.05) is 12.4 Å². The van der Waals surface area contributed by atoms with E-state index < -0.39 is 5.97 Å². The molecular formula is C12H14N2O3S. The Kier molecular flexibility index (Phi) is 4.79. The molecule has 0 aliphatic carbocycles. The summed E-state index contributed by atoms with van der Waals surface area (Å²) in [6.45, 7) is 3.14. The van der Waals surface area contributed by atoms with Gasteiger partial charge in [-0.3, -0.25) is 4.79 Å². The van der Waals surface area contributed by atoms with Crippen LogP contribution in [0.4, 0.5) is 5.69 Å². The molecule has 5 nitrogen and oxygen atoms in total. The van der Waals surface area contributed by atoms with Crippen LogP contribution >= 0.6 is 12.2 Å². The lowest BCUT2D eigenvalue weighted by Crippen LogP contribution is -2.32. The Labute approximate surface area is 111 Å². The fraction of sp³-hybridized carbons (Fsp3) is 0.250. The molecule has 0 unspecified atom stereocenters. The first-order chi connectivity index (χ1) is 8.45. The van der Waals surface area contributed by atoms with Crippen LogP contribution in [0.15, 0.2) is 18.2 Å². The number of hydrogen-bond donors (Lipinski definition) is 2. The van der Waals surface area contributed by atoms with Crippen LogP contribution in [0.3, 0.4) is 0 Å². The number of rotatable bonds is 2. The second kappa shape index (κ2) is 6.11. The first-order valence-electron chi connectivity index (χ1n) is 5.22. The van der Waals surface area contributed by atoms with Crippen molar-refractivity contribution in [2.24, 2.45) is 0 Å². The minimum atomic E-state index is -0.415. The van der Waals surface area contributed by atoms with Crippen LogP contribution in [0.1, 0.15) is 22.8 Å². The molecule has 0 spiro atoms. The summed E-state index contributed by atoms with van der Waals surface area (Å²) in [7, 11) is 1.32. The maximum Gasteiger partial charge on any atom is 0.338 e. The van der Waals surface area contributed by atoms with E-state index in [0.717, 1.165) is 0 Å². The zero-order valence-electron chi connectivity index (χ0n) is 10.4. The Morgan fingerprint density at radius 1 is 1.33 bits per heavy atom. The molecule has 0 aliphatic heterocycles. The lowest BCUT2D eigenvalue weighted by atomic mass is 10.1. The molecule has 0 saturated heterocycles. The Morgan fingerprint density at radius 2 is 2.00 bits per heavy atom. The van der Waals surface area contributed by atoms with Crippen molar-refractivity contribution in [3.05, 3.63) is 29.3 Å². The zero-order valence-corrected chi connectivity index (χ0v) is 11.2. The van der Waals surface area contributed by atoms with Gasteiger partial charge in [-0.15, -0.1) is 0 Å². The molecule has 0 aromatic heterocycles. The molecule has 0 saturated carbocycles. The number of hydrogen-bond acceptors (Lipinski definition) is 4. The third-order valence-corrected chi connectivity index (χ3v) is 2.48. The lowest BCUT2D eigenvalue weighted by molar-refractivity contribution is -0.117. The van der Waals surface area contributed by atoms with Crippen molar-refractivity contribution in [1.82, 2.24) is 5.32 Å². The standard InChI is InChI=1S/C12H14N2O3S/c1-7-9(11(16)17-3)5-4-6-10(7)14-12(18)13-8(2)15/h4-6H,1-3H3,(H2,13,14,15,18). The van der Waals surface area contributed by atoms with Crippen LogP contribution < -0.4 is 10.6 Å². The lowest BCUT2D eigenvalue weighted by Gasteiger charge is -2.12. The van der Waals surface area contributed by atoms with E-state index in [-0.39, 0.29) is 11.0 Å². The van der Waals surface area contributed by atoms with E-state index in [4.69, 9.17) is 12.2 Å². The van der Waals surface area contributed by atoms with E-state index in [0.29, 0.717) is 16.8 Å². The number of amides is 1. The second-order valence-electron chi connectivity index (χ2n) is 3.61. The molecule has 96 valence electrons. The van der Waals surface area contributed by atoms with Gasteiger partial charge in [0.1, 0.15) is 0 Å². The van der Waals surface area contributed by atoms with Crippen molar-refractivity contribution in [1.29, 1.82) is 0 Å². The van der Waals surface area contributed by atoms with Crippen molar-refractivity contribution in [2.45, 2.75) is 13.8 Å². The quantitative estimate of drug-likeness (QED) is 0.629. The summed E-state index contributed by atoms with van der Waals surface area (Å²) >= 11 is 4.95. The third-order valence-electron chi connectivity index (χ3n) is 2.28. The molecular weight excluding hydrogens is 252 g/mol. The third kappa shape index (κ3) is 3.53. The molecule has 0 atom stereocenters. The van der Waals surface area contributed by atoms with Crippen LogP contribution in [0, 0.1) is 6.92 Å². The first-order valence-corrected chi connectivity index (χ1v) is 5.63. The van der Waals surface area contributed by atoms with E-state index in [9.17, 15) is 9.59 Å². The van der Waals surface area contributed by atoms with Gasteiger partial charge in [0, 0.05) is 12.6 Å². The van der Waals surface area contributed by atoms with Gasteiger partial charge in [0.15, 0.2) is 5.11 Å². The number of nitrogens with one attached hydrogen (secondary N) is 2. The number of thiocarbonyl (C=S) groups is 1. The van der Waals surface area contributed by atoms with Gasteiger partial charge >= 0.3 is 5.97 Å². The summed E-state index contributed by atoms with van der Waals surface area (Å²) in [4.78, 5) is 22.3. The highest BCUT2D eigenvalue weighted by atomic mass is 32.1. The van der Waals surface area contributed by atoms with E-state index >= 15 is 0 Å². The molecule has 1 rings (SSSR count). The predicted molar refractivity (Wildman–Crippen MR) is 72.6 cm³/mol. The van der Waals surface area contributed by atoms with Gasteiger partial charge in [-0.2, -0.15) is 0 Å². The molecule has 1 aromatic carbocycles. The fourth-order valence-corrected chi connectivity index (χ4v) is 1.67. The zero-order chi connectivity index (χ0) is 13.7. The topological polar surface area (TPSA) is 67.4 Å². The van der Waals surface area contributed by atoms with Gasteiger partial charge in [0.25, 0.3) is 0 Å². The summed E-state index contributed by atoms with van der Waals surface area (Å²) in [6, 6.07) is 5.13. The highest BCUT2D eigenvalue weighted by Gasteiger charge is 2.12. The molecule has 0 bridgehead atoms. The Hall–Kier alpha value is -1.95. The smallest absolute Gasteiger partial charge is 0.338 e. The van der Waals surface area contributed by atoms with Crippen LogP contribution in [-0.4, -0.2) is 24.1 Å². The Bertz CT molecular complexity index is 500. The van der Waals surface area contributed by atoms with E-state index in [2.05, 4.69) is 15.4 Å². The van der Waals surface area contributed by atoms with Gasteiger partial charge in [0.2, 0.25) is 5.91 Å². The van der Waals surface area contributed by atoms with Crippen molar-refractivity contribution in [3.8, 4) is 0 Å². The molecule has 1 amide bonds. The number of methoxy groups -OCH3 is 1. The molecule has 0 radical (unpaired) electrons. The predicted octanol–water partition coefficient (Wildman–Crippen LogP) is 1.61. The Balaban J connectivity index is 2.94. The largest absolute Gasteiger partial charge is 0.465 e. The molecule has 6 heteroatoms. The minimum Gasteiger partial charge on any atom is -0.465 e. The average Bonchev–Trinajstić information content (AvgIpc) is 2.30. The molecule has 2 N–H and O–H groups in total. The summed E-state index contributed by atoms with van der Waals surface area (Å²) in [5.41, 5.74) is 1.81. The Morgan fingerprint density at radius 3 is 2.56 bits per heavy atom. The molecule has 0 heterocycles. The maximum atomic E-state index is 11.5.